The van der Waals surface area contributed by atoms with Gasteiger partial charge in [0.25, 0.3) is 0 Å². The summed E-state index contributed by atoms with van der Waals surface area (Å²) in [7, 11) is 0. The maximum absolute atomic E-state index is 12.1. The molecular weight excluding hydrogens is 252 g/mol. The van der Waals surface area contributed by atoms with E-state index in [0.717, 1.165) is 18.4 Å². The van der Waals surface area contributed by atoms with Gasteiger partial charge in [0.2, 0.25) is 0 Å². The summed E-state index contributed by atoms with van der Waals surface area (Å²) in [4.78, 5) is 12.1. The molecule has 0 aliphatic rings. The SMILES string of the molecule is CCCCC(=O)c1ccc2sc3ccccc3c2c1. The molecule has 0 unspecified atom stereocenters. The van der Waals surface area contributed by atoms with Crippen molar-refractivity contribution in [2.45, 2.75) is 26.2 Å². The number of carbonyl (C=O) groups is 1. The Hall–Kier alpha value is -1.67. The van der Waals surface area contributed by atoms with Crippen LogP contribution in [0, 0.1) is 0 Å². The van der Waals surface area contributed by atoms with Crippen LogP contribution < -0.4 is 0 Å². The maximum atomic E-state index is 12.1. The molecule has 0 bridgehead atoms. The van der Waals surface area contributed by atoms with Gasteiger partial charge in [0.05, 0.1) is 0 Å². The second-order valence-electron chi connectivity index (χ2n) is 4.84. The minimum atomic E-state index is 0.263. The van der Waals surface area contributed by atoms with Crippen LogP contribution in [0.3, 0.4) is 0 Å². The second kappa shape index (κ2) is 5.14. The number of Topliss-reactive ketones (excluding diaryl/α,β-unsaturated/α-hetero) is 1. The maximum Gasteiger partial charge on any atom is 0.162 e. The summed E-state index contributed by atoms with van der Waals surface area (Å²) in [6.45, 7) is 2.11. The Bertz CT molecular complexity index is 739. The van der Waals surface area contributed by atoms with E-state index in [0.29, 0.717) is 6.42 Å². The van der Waals surface area contributed by atoms with Crippen molar-refractivity contribution in [3.05, 3.63) is 48.0 Å². The normalized spacial score (nSPS) is 11.2. The molecule has 3 rings (SSSR count). The molecule has 0 fully saturated rings. The average molecular weight is 268 g/mol. The van der Waals surface area contributed by atoms with Crippen LogP contribution in [0.4, 0.5) is 0 Å². The summed E-state index contributed by atoms with van der Waals surface area (Å²) in [6.07, 6.45) is 2.70. The van der Waals surface area contributed by atoms with Gasteiger partial charge in [-0.2, -0.15) is 0 Å². The fourth-order valence-corrected chi connectivity index (χ4v) is 3.47. The highest BCUT2D eigenvalue weighted by atomic mass is 32.1. The molecule has 0 radical (unpaired) electrons. The van der Waals surface area contributed by atoms with Gasteiger partial charge in [-0.25, -0.2) is 0 Å². The first kappa shape index (κ1) is 12.4. The highest BCUT2D eigenvalue weighted by Gasteiger charge is 2.09. The summed E-state index contributed by atoms with van der Waals surface area (Å²) in [6, 6.07) is 14.5. The topological polar surface area (TPSA) is 17.1 Å². The molecule has 96 valence electrons. The van der Waals surface area contributed by atoms with Crippen LogP contribution in [0.1, 0.15) is 36.5 Å². The highest BCUT2D eigenvalue weighted by Crippen LogP contribution is 2.34. The van der Waals surface area contributed by atoms with Crippen molar-refractivity contribution in [3.63, 3.8) is 0 Å². The van der Waals surface area contributed by atoms with Gasteiger partial charge in [-0.3, -0.25) is 4.79 Å². The van der Waals surface area contributed by atoms with Gasteiger partial charge < -0.3 is 0 Å². The lowest BCUT2D eigenvalue weighted by atomic mass is 10.0. The Kier molecular flexibility index (Phi) is 3.34. The van der Waals surface area contributed by atoms with Crippen LogP contribution in [0.5, 0.6) is 0 Å². The van der Waals surface area contributed by atoms with Crippen LogP contribution in [-0.4, -0.2) is 5.78 Å². The van der Waals surface area contributed by atoms with Gasteiger partial charge in [-0.1, -0.05) is 31.5 Å². The first-order chi connectivity index (χ1) is 9.29. The quantitative estimate of drug-likeness (QED) is 0.577. The predicted molar refractivity (Wildman–Crippen MR) is 83.2 cm³/mol. The molecule has 1 aromatic heterocycles. The average Bonchev–Trinajstić information content (AvgIpc) is 2.82. The van der Waals surface area contributed by atoms with E-state index in [9.17, 15) is 4.79 Å². The van der Waals surface area contributed by atoms with Crippen LogP contribution in [-0.2, 0) is 0 Å². The van der Waals surface area contributed by atoms with Crippen molar-refractivity contribution < 1.29 is 4.79 Å². The molecule has 0 aliphatic heterocycles. The summed E-state index contributed by atoms with van der Waals surface area (Å²) >= 11 is 1.79. The lowest BCUT2D eigenvalue weighted by Gasteiger charge is -2.00. The standard InChI is InChI=1S/C17H16OS/c1-2-3-7-15(18)12-9-10-17-14(11-12)13-6-4-5-8-16(13)19-17/h4-6,8-11H,2-3,7H2,1H3. The highest BCUT2D eigenvalue weighted by molar-refractivity contribution is 7.25. The van der Waals surface area contributed by atoms with Gasteiger partial charge >= 0.3 is 0 Å². The van der Waals surface area contributed by atoms with Crippen molar-refractivity contribution in [2.75, 3.05) is 0 Å². The molecule has 0 amide bonds. The Morgan fingerprint density at radius 2 is 1.84 bits per heavy atom. The number of hydrogen-bond donors (Lipinski definition) is 0. The molecule has 0 N–H and O–H groups in total. The van der Waals surface area contributed by atoms with E-state index in [2.05, 4.69) is 43.3 Å². The third kappa shape index (κ3) is 2.28. The third-order valence-electron chi connectivity index (χ3n) is 3.46. The molecule has 2 heteroatoms. The summed E-state index contributed by atoms with van der Waals surface area (Å²) < 4.78 is 2.55. The Balaban J connectivity index is 2.09. The van der Waals surface area contributed by atoms with Crippen molar-refractivity contribution in [2.24, 2.45) is 0 Å². The number of hydrogen-bond acceptors (Lipinski definition) is 2. The van der Waals surface area contributed by atoms with Crippen LogP contribution >= 0.6 is 11.3 Å². The molecular formula is C17H16OS. The van der Waals surface area contributed by atoms with Crippen LogP contribution in [0.15, 0.2) is 42.5 Å². The zero-order chi connectivity index (χ0) is 13.2. The fourth-order valence-electron chi connectivity index (χ4n) is 2.38. The second-order valence-corrected chi connectivity index (χ2v) is 5.92. The number of carbonyl (C=O) groups excluding carboxylic acids is 1. The van der Waals surface area contributed by atoms with E-state index in [4.69, 9.17) is 0 Å². The molecule has 0 spiro atoms. The van der Waals surface area contributed by atoms with E-state index in [1.54, 1.807) is 11.3 Å². The van der Waals surface area contributed by atoms with Crippen LogP contribution in [0.25, 0.3) is 20.2 Å². The number of benzene rings is 2. The molecule has 2 aromatic carbocycles. The minimum absolute atomic E-state index is 0.263. The lowest BCUT2D eigenvalue weighted by Crippen LogP contribution is -1.97. The lowest BCUT2D eigenvalue weighted by molar-refractivity contribution is 0.0980. The zero-order valence-electron chi connectivity index (χ0n) is 11.0. The molecule has 0 saturated heterocycles. The molecule has 3 aromatic rings. The summed E-state index contributed by atoms with van der Waals surface area (Å²) in [5.41, 5.74) is 0.851. The van der Waals surface area contributed by atoms with Gasteiger partial charge in [0.15, 0.2) is 5.78 Å². The van der Waals surface area contributed by atoms with Crippen molar-refractivity contribution in [1.29, 1.82) is 0 Å². The van der Waals surface area contributed by atoms with E-state index >= 15 is 0 Å². The number of fused-ring (bicyclic) bond motifs is 3. The first-order valence-corrected chi connectivity index (χ1v) is 7.55. The predicted octanol–water partition coefficient (Wildman–Crippen LogP) is 5.43. The molecule has 1 nitrogen and oxygen atoms in total. The van der Waals surface area contributed by atoms with E-state index in [1.165, 1.54) is 20.2 Å². The van der Waals surface area contributed by atoms with Crippen molar-refractivity contribution >= 4 is 37.3 Å². The smallest absolute Gasteiger partial charge is 0.162 e. The molecule has 0 aliphatic carbocycles. The van der Waals surface area contributed by atoms with Crippen molar-refractivity contribution in [3.8, 4) is 0 Å². The molecule has 0 atom stereocenters. The van der Waals surface area contributed by atoms with E-state index < -0.39 is 0 Å². The Morgan fingerprint density at radius 3 is 2.68 bits per heavy atom. The number of rotatable bonds is 4. The summed E-state index contributed by atoms with van der Waals surface area (Å²) in [5, 5.41) is 2.47. The largest absolute Gasteiger partial charge is 0.294 e. The minimum Gasteiger partial charge on any atom is -0.294 e. The van der Waals surface area contributed by atoms with Crippen LogP contribution in [0.2, 0.25) is 0 Å². The zero-order valence-corrected chi connectivity index (χ0v) is 11.8. The third-order valence-corrected chi connectivity index (χ3v) is 4.61. The number of ketones is 1. The first-order valence-electron chi connectivity index (χ1n) is 6.74. The molecule has 0 saturated carbocycles. The van der Waals surface area contributed by atoms with E-state index in [-0.39, 0.29) is 5.78 Å². The Morgan fingerprint density at radius 1 is 1.05 bits per heavy atom. The summed E-state index contributed by atoms with van der Waals surface area (Å²) in [5.74, 6) is 0.263. The van der Waals surface area contributed by atoms with Gasteiger partial charge in [0.1, 0.15) is 0 Å². The van der Waals surface area contributed by atoms with E-state index in [1.807, 2.05) is 6.07 Å². The van der Waals surface area contributed by atoms with Gasteiger partial charge in [-0.15, -0.1) is 11.3 Å². The van der Waals surface area contributed by atoms with Gasteiger partial charge in [0, 0.05) is 32.2 Å². The monoisotopic (exact) mass is 268 g/mol. The number of thiophene rings is 1. The molecule has 19 heavy (non-hydrogen) atoms. The molecule has 1 heterocycles. The van der Waals surface area contributed by atoms with Gasteiger partial charge in [-0.05, 0) is 30.7 Å². The van der Waals surface area contributed by atoms with Crippen molar-refractivity contribution in [1.82, 2.24) is 0 Å². The fraction of sp³-hybridized carbons (Fsp3) is 0.235. The Labute approximate surface area is 116 Å². The number of unbranched alkanes of at least 4 members (excludes halogenated alkanes) is 1.